The zero-order valence-corrected chi connectivity index (χ0v) is 22.3. The Balaban J connectivity index is 1.63. The first kappa shape index (κ1) is 26.1. The number of rotatable bonds is 7. The molecule has 0 aliphatic heterocycles. The maximum absolute atomic E-state index is 14.0. The number of fused-ring (bicyclic) bond motifs is 1. The monoisotopic (exact) mass is 521 g/mol. The van der Waals surface area contributed by atoms with Crippen LogP contribution in [0.25, 0.3) is 5.69 Å². The third kappa shape index (κ3) is 5.39. The van der Waals surface area contributed by atoms with Gasteiger partial charge in [0.15, 0.2) is 5.78 Å². The number of carbonyl (C=O) groups is 2. The van der Waals surface area contributed by atoms with Crippen molar-refractivity contribution in [1.29, 1.82) is 0 Å². The molecular weight excluding hydrogens is 490 g/mol. The minimum Gasteiger partial charge on any atom is -0.494 e. The van der Waals surface area contributed by atoms with E-state index < -0.39 is 17.5 Å². The number of amides is 1. The quantitative estimate of drug-likeness (QED) is 0.356. The van der Waals surface area contributed by atoms with Crippen molar-refractivity contribution in [1.82, 2.24) is 14.9 Å². The van der Waals surface area contributed by atoms with Gasteiger partial charge in [0.25, 0.3) is 11.5 Å². The third-order valence-electron chi connectivity index (χ3n) is 6.99. The Hall–Kier alpha value is -4.52. The highest BCUT2D eigenvalue weighted by molar-refractivity contribution is 6.02. The molecule has 0 saturated heterocycles. The van der Waals surface area contributed by atoms with Gasteiger partial charge in [-0.1, -0.05) is 44.2 Å². The third-order valence-corrected chi connectivity index (χ3v) is 6.99. The maximum atomic E-state index is 14.0. The summed E-state index contributed by atoms with van der Waals surface area (Å²) in [5.74, 6) is 0.0473. The molecule has 198 valence electrons. The van der Waals surface area contributed by atoms with Crippen LogP contribution in [0.1, 0.15) is 70.8 Å². The van der Waals surface area contributed by atoms with E-state index in [2.05, 4.69) is 10.3 Å². The lowest BCUT2D eigenvalue weighted by atomic mass is 9.75. The van der Waals surface area contributed by atoms with Gasteiger partial charge in [0, 0.05) is 35.8 Å². The second-order valence-corrected chi connectivity index (χ2v) is 10.5. The number of ether oxygens (including phenoxy) is 1. The molecule has 0 saturated carbocycles. The summed E-state index contributed by atoms with van der Waals surface area (Å²) >= 11 is 0. The molecule has 2 heterocycles. The molecule has 5 rings (SSSR count). The molecule has 4 aromatic rings. The van der Waals surface area contributed by atoms with Crippen molar-refractivity contribution in [2.24, 2.45) is 5.41 Å². The fourth-order valence-electron chi connectivity index (χ4n) is 5.18. The van der Waals surface area contributed by atoms with Crippen molar-refractivity contribution >= 4 is 11.7 Å². The Morgan fingerprint density at radius 2 is 1.64 bits per heavy atom. The van der Waals surface area contributed by atoms with Crippen LogP contribution < -0.4 is 15.6 Å². The minimum atomic E-state index is -0.550. The summed E-state index contributed by atoms with van der Waals surface area (Å²) in [6, 6.07) is 21.3. The van der Waals surface area contributed by atoms with E-state index in [0.717, 1.165) is 11.1 Å². The highest BCUT2D eigenvalue weighted by atomic mass is 16.5. The topological polar surface area (TPSA) is 90.3 Å². The number of nitrogens with one attached hydrogen (secondary N) is 1. The summed E-state index contributed by atoms with van der Waals surface area (Å²) in [4.78, 5) is 45.2. The van der Waals surface area contributed by atoms with Crippen molar-refractivity contribution < 1.29 is 14.3 Å². The van der Waals surface area contributed by atoms with Crippen molar-refractivity contribution in [2.75, 3.05) is 6.61 Å². The second-order valence-electron chi connectivity index (χ2n) is 10.5. The first-order valence-electron chi connectivity index (χ1n) is 13.1. The van der Waals surface area contributed by atoms with Crippen LogP contribution in [0.3, 0.4) is 0 Å². The Kier molecular flexibility index (Phi) is 7.15. The minimum absolute atomic E-state index is 0.0781. The SMILES string of the molecule is CCOc1ccc(-n2c3c(cc(C(=O)NC(c4ccccc4)c4ccncc4)c2=O)C(=O)CC(C)(C)C3)cc1. The van der Waals surface area contributed by atoms with Crippen molar-refractivity contribution in [3.8, 4) is 11.4 Å². The summed E-state index contributed by atoms with van der Waals surface area (Å²) in [5, 5.41) is 3.04. The predicted octanol–water partition coefficient (Wildman–Crippen LogP) is 5.31. The van der Waals surface area contributed by atoms with E-state index in [0.29, 0.717) is 42.1 Å². The van der Waals surface area contributed by atoms with Gasteiger partial charge in [0.2, 0.25) is 0 Å². The first-order valence-corrected chi connectivity index (χ1v) is 13.1. The molecule has 0 spiro atoms. The molecular formula is C32H31N3O4. The molecule has 1 amide bonds. The van der Waals surface area contributed by atoms with E-state index in [1.807, 2.05) is 63.2 Å². The van der Waals surface area contributed by atoms with Crippen LogP contribution in [0.2, 0.25) is 0 Å². The molecule has 1 aliphatic rings. The van der Waals surface area contributed by atoms with Gasteiger partial charge in [0.05, 0.1) is 12.6 Å². The Bertz CT molecular complexity index is 1520. The number of hydrogen-bond donors (Lipinski definition) is 1. The molecule has 2 aromatic carbocycles. The van der Waals surface area contributed by atoms with Gasteiger partial charge in [-0.05, 0) is 72.4 Å². The number of hydrogen-bond acceptors (Lipinski definition) is 5. The fraction of sp³-hybridized carbons (Fsp3) is 0.250. The summed E-state index contributed by atoms with van der Waals surface area (Å²) in [6.45, 7) is 6.45. The van der Waals surface area contributed by atoms with Gasteiger partial charge in [-0.15, -0.1) is 0 Å². The largest absolute Gasteiger partial charge is 0.494 e. The molecule has 1 unspecified atom stereocenters. The van der Waals surface area contributed by atoms with E-state index in [1.165, 1.54) is 10.6 Å². The molecule has 0 fully saturated rings. The van der Waals surface area contributed by atoms with Gasteiger partial charge in [-0.3, -0.25) is 23.9 Å². The van der Waals surface area contributed by atoms with Crippen molar-refractivity contribution in [3.63, 3.8) is 0 Å². The number of carbonyl (C=O) groups excluding carboxylic acids is 2. The van der Waals surface area contributed by atoms with E-state index in [1.54, 1.807) is 36.7 Å². The summed E-state index contributed by atoms with van der Waals surface area (Å²) in [7, 11) is 0. The lowest BCUT2D eigenvalue weighted by molar-refractivity contribution is 0.0908. The Morgan fingerprint density at radius 3 is 2.31 bits per heavy atom. The number of ketones is 1. The van der Waals surface area contributed by atoms with Crippen LogP contribution >= 0.6 is 0 Å². The maximum Gasteiger partial charge on any atom is 0.268 e. The molecule has 0 bridgehead atoms. The zero-order chi connectivity index (χ0) is 27.6. The van der Waals surface area contributed by atoms with Crippen molar-refractivity contribution in [2.45, 2.75) is 39.7 Å². The standard InChI is InChI=1S/C32H31N3O4/c1-4-39-24-12-10-23(11-13-24)35-27-19-32(2,3)20-28(36)25(27)18-26(31(35)38)30(37)34-29(21-8-6-5-7-9-21)22-14-16-33-17-15-22/h5-18,29H,4,19-20H2,1-3H3,(H,34,37). The zero-order valence-electron chi connectivity index (χ0n) is 22.3. The smallest absolute Gasteiger partial charge is 0.268 e. The van der Waals surface area contributed by atoms with E-state index in [4.69, 9.17) is 4.74 Å². The predicted molar refractivity (Wildman–Crippen MR) is 150 cm³/mol. The molecule has 1 N–H and O–H groups in total. The Morgan fingerprint density at radius 1 is 0.974 bits per heavy atom. The van der Waals surface area contributed by atoms with Crippen LogP contribution in [0, 0.1) is 5.41 Å². The summed E-state index contributed by atoms with van der Waals surface area (Å²) in [6.07, 6.45) is 4.19. The molecule has 7 heteroatoms. The number of Topliss-reactive ketones (excluding diaryl/α,β-unsaturated/α-hetero) is 1. The number of benzene rings is 2. The lowest BCUT2D eigenvalue weighted by Gasteiger charge is -2.32. The number of pyridine rings is 2. The fourth-order valence-corrected chi connectivity index (χ4v) is 5.18. The molecule has 2 aromatic heterocycles. The van der Waals surface area contributed by atoms with E-state index >= 15 is 0 Å². The highest BCUT2D eigenvalue weighted by Gasteiger charge is 2.35. The molecule has 7 nitrogen and oxygen atoms in total. The first-order chi connectivity index (χ1) is 18.8. The molecule has 1 atom stereocenters. The molecule has 0 radical (unpaired) electrons. The van der Waals surface area contributed by atoms with Gasteiger partial charge in [-0.2, -0.15) is 0 Å². The van der Waals surface area contributed by atoms with Crippen LogP contribution in [-0.4, -0.2) is 27.8 Å². The second kappa shape index (κ2) is 10.7. The average Bonchev–Trinajstić information content (AvgIpc) is 2.92. The molecule has 1 aliphatic carbocycles. The number of nitrogens with zero attached hydrogens (tertiary/aromatic N) is 2. The van der Waals surface area contributed by atoms with Crippen LogP contribution in [0.5, 0.6) is 5.75 Å². The lowest BCUT2D eigenvalue weighted by Crippen LogP contribution is -2.39. The number of aromatic nitrogens is 2. The highest BCUT2D eigenvalue weighted by Crippen LogP contribution is 2.35. The van der Waals surface area contributed by atoms with Gasteiger partial charge in [-0.25, -0.2) is 0 Å². The van der Waals surface area contributed by atoms with Crippen LogP contribution in [-0.2, 0) is 6.42 Å². The van der Waals surface area contributed by atoms with Gasteiger partial charge in [0.1, 0.15) is 11.3 Å². The molecule has 39 heavy (non-hydrogen) atoms. The van der Waals surface area contributed by atoms with Crippen LogP contribution in [0.15, 0.2) is 90.0 Å². The Labute approximate surface area is 227 Å². The van der Waals surface area contributed by atoms with Crippen LogP contribution in [0.4, 0.5) is 0 Å². The normalized spacial score (nSPS) is 14.8. The van der Waals surface area contributed by atoms with Gasteiger partial charge >= 0.3 is 0 Å². The summed E-state index contributed by atoms with van der Waals surface area (Å²) < 4.78 is 7.09. The average molecular weight is 522 g/mol. The van der Waals surface area contributed by atoms with Gasteiger partial charge < -0.3 is 10.1 Å². The van der Waals surface area contributed by atoms with E-state index in [-0.39, 0.29) is 16.8 Å². The van der Waals surface area contributed by atoms with E-state index in [9.17, 15) is 14.4 Å². The summed E-state index contributed by atoms with van der Waals surface area (Å²) in [5.41, 5.74) is 2.44. The van der Waals surface area contributed by atoms with Crippen molar-refractivity contribution in [3.05, 3.63) is 123 Å².